The van der Waals surface area contributed by atoms with Gasteiger partial charge in [0.05, 0.1) is 13.0 Å². The van der Waals surface area contributed by atoms with Gasteiger partial charge >= 0.3 is 0 Å². The lowest BCUT2D eigenvalue weighted by Gasteiger charge is -2.14. The smallest absolute Gasteiger partial charge is 0.232 e. The molecule has 1 heterocycles. The summed E-state index contributed by atoms with van der Waals surface area (Å²) >= 11 is 0. The average Bonchev–Trinajstić information content (AvgIpc) is 2.70. The summed E-state index contributed by atoms with van der Waals surface area (Å²) in [6.45, 7) is 0.588. The largest absolute Gasteiger partial charge is 0.493 e. The molecule has 1 aromatic carbocycles. The summed E-state index contributed by atoms with van der Waals surface area (Å²) in [5.41, 5.74) is 5.63. The molecule has 1 unspecified atom stereocenters. The van der Waals surface area contributed by atoms with Crippen molar-refractivity contribution < 1.29 is 14.3 Å². The summed E-state index contributed by atoms with van der Waals surface area (Å²) in [6.07, 6.45) is 0.443. The molecule has 0 aromatic heterocycles. The van der Waals surface area contributed by atoms with E-state index >= 15 is 0 Å². The highest BCUT2D eigenvalue weighted by Gasteiger charge is 2.31. The summed E-state index contributed by atoms with van der Waals surface area (Å²) in [7, 11) is 0. The van der Waals surface area contributed by atoms with Crippen molar-refractivity contribution in [3.05, 3.63) is 30.3 Å². The van der Waals surface area contributed by atoms with Crippen LogP contribution in [0, 0.1) is 0 Å². The number of amides is 2. The molecular weight excluding hydrogens is 232 g/mol. The van der Waals surface area contributed by atoms with E-state index in [0.717, 1.165) is 5.75 Å². The van der Waals surface area contributed by atoms with Gasteiger partial charge < -0.3 is 10.5 Å². The molecule has 1 atom stereocenters. The molecule has 1 fully saturated rings. The van der Waals surface area contributed by atoms with E-state index in [-0.39, 0.29) is 37.3 Å². The number of rotatable bonds is 4. The van der Waals surface area contributed by atoms with E-state index in [4.69, 9.17) is 10.5 Å². The van der Waals surface area contributed by atoms with Crippen LogP contribution in [0.4, 0.5) is 0 Å². The van der Waals surface area contributed by atoms with Gasteiger partial charge in [0.1, 0.15) is 5.75 Å². The molecule has 18 heavy (non-hydrogen) atoms. The lowest BCUT2D eigenvalue weighted by Crippen LogP contribution is -2.34. The van der Waals surface area contributed by atoms with E-state index in [1.165, 1.54) is 4.90 Å². The average molecular weight is 248 g/mol. The fourth-order valence-corrected chi connectivity index (χ4v) is 1.88. The Labute approximate surface area is 106 Å². The molecule has 0 aliphatic carbocycles. The molecule has 0 saturated carbocycles. The normalized spacial score (nSPS) is 19.1. The predicted molar refractivity (Wildman–Crippen MR) is 65.9 cm³/mol. The fourth-order valence-electron chi connectivity index (χ4n) is 1.88. The highest BCUT2D eigenvalue weighted by molar-refractivity contribution is 5.97. The van der Waals surface area contributed by atoms with Crippen molar-refractivity contribution in [3.63, 3.8) is 0 Å². The van der Waals surface area contributed by atoms with Crippen LogP contribution in [0.15, 0.2) is 30.3 Å². The first-order chi connectivity index (χ1) is 8.66. The molecule has 0 radical (unpaired) electrons. The number of hydrogen-bond donors (Lipinski definition) is 1. The Morgan fingerprint density at radius 1 is 1.39 bits per heavy atom. The van der Waals surface area contributed by atoms with Crippen LogP contribution in [0.5, 0.6) is 5.75 Å². The van der Waals surface area contributed by atoms with Crippen molar-refractivity contribution in [2.75, 3.05) is 13.2 Å². The number of carbonyl (C=O) groups excluding carboxylic acids is 2. The molecule has 2 rings (SSSR count). The second-order valence-electron chi connectivity index (χ2n) is 4.27. The SMILES string of the molecule is NC1CC(=O)N(C(=O)CCOc2ccccc2)C1. The molecular formula is C13H16N2O3. The molecule has 0 spiro atoms. The molecule has 1 aliphatic heterocycles. The summed E-state index contributed by atoms with van der Waals surface area (Å²) in [5.74, 6) is 0.311. The van der Waals surface area contributed by atoms with Crippen LogP contribution in [0.1, 0.15) is 12.8 Å². The molecule has 5 nitrogen and oxygen atoms in total. The Hall–Kier alpha value is -1.88. The molecule has 1 saturated heterocycles. The van der Waals surface area contributed by atoms with E-state index in [1.807, 2.05) is 30.3 Å². The van der Waals surface area contributed by atoms with Crippen LogP contribution >= 0.6 is 0 Å². The minimum Gasteiger partial charge on any atom is -0.493 e. The van der Waals surface area contributed by atoms with Crippen LogP contribution in [0.2, 0.25) is 0 Å². The maximum absolute atomic E-state index is 11.8. The van der Waals surface area contributed by atoms with Gasteiger partial charge in [0.15, 0.2) is 0 Å². The van der Waals surface area contributed by atoms with Crippen molar-refractivity contribution >= 4 is 11.8 Å². The summed E-state index contributed by atoms with van der Waals surface area (Å²) in [4.78, 5) is 24.4. The monoisotopic (exact) mass is 248 g/mol. The Morgan fingerprint density at radius 2 is 2.11 bits per heavy atom. The number of para-hydroxylation sites is 1. The number of nitrogens with zero attached hydrogens (tertiary/aromatic N) is 1. The third-order valence-corrected chi connectivity index (χ3v) is 2.78. The third-order valence-electron chi connectivity index (χ3n) is 2.78. The molecule has 5 heteroatoms. The number of ether oxygens (including phenoxy) is 1. The molecule has 2 amide bonds. The maximum Gasteiger partial charge on any atom is 0.232 e. The topological polar surface area (TPSA) is 72.6 Å². The van der Waals surface area contributed by atoms with Crippen molar-refractivity contribution in [1.29, 1.82) is 0 Å². The van der Waals surface area contributed by atoms with Gasteiger partial charge in [-0.15, -0.1) is 0 Å². The molecule has 2 N–H and O–H groups in total. The van der Waals surface area contributed by atoms with E-state index < -0.39 is 0 Å². The van der Waals surface area contributed by atoms with E-state index in [1.54, 1.807) is 0 Å². The summed E-state index contributed by atoms with van der Waals surface area (Å²) in [5, 5.41) is 0. The summed E-state index contributed by atoms with van der Waals surface area (Å²) in [6, 6.07) is 9.03. The Bertz CT molecular complexity index is 433. The lowest BCUT2D eigenvalue weighted by atomic mass is 10.3. The standard InChI is InChI=1S/C13H16N2O3/c14-10-8-13(17)15(9-10)12(16)6-7-18-11-4-2-1-3-5-11/h1-5,10H,6-9,14H2. The quantitative estimate of drug-likeness (QED) is 0.844. The van der Waals surface area contributed by atoms with Gasteiger partial charge in [-0.25, -0.2) is 0 Å². The minimum absolute atomic E-state index is 0.188. The molecule has 1 aromatic rings. The second kappa shape index (κ2) is 5.64. The molecule has 96 valence electrons. The number of likely N-dealkylation sites (tertiary alicyclic amines) is 1. The fraction of sp³-hybridized carbons (Fsp3) is 0.385. The van der Waals surface area contributed by atoms with Gasteiger partial charge in [0, 0.05) is 19.0 Å². The minimum atomic E-state index is -0.225. The van der Waals surface area contributed by atoms with Crippen LogP contribution in [-0.4, -0.2) is 35.9 Å². The Balaban J connectivity index is 1.77. The number of imide groups is 1. The second-order valence-corrected chi connectivity index (χ2v) is 4.27. The van der Waals surface area contributed by atoms with Crippen molar-refractivity contribution in [2.24, 2.45) is 5.73 Å². The van der Waals surface area contributed by atoms with Gasteiger partial charge in [-0.05, 0) is 12.1 Å². The highest BCUT2D eigenvalue weighted by Crippen LogP contribution is 2.12. The van der Waals surface area contributed by atoms with Gasteiger partial charge in [-0.3, -0.25) is 14.5 Å². The van der Waals surface area contributed by atoms with Crippen molar-refractivity contribution in [2.45, 2.75) is 18.9 Å². The first-order valence-electron chi connectivity index (χ1n) is 5.93. The lowest BCUT2D eigenvalue weighted by molar-refractivity contribution is -0.142. The van der Waals surface area contributed by atoms with Crippen molar-refractivity contribution in [3.8, 4) is 5.75 Å². The van der Waals surface area contributed by atoms with Gasteiger partial charge in [-0.2, -0.15) is 0 Å². The van der Waals surface area contributed by atoms with E-state index in [0.29, 0.717) is 6.54 Å². The zero-order valence-electron chi connectivity index (χ0n) is 10.0. The van der Waals surface area contributed by atoms with E-state index in [2.05, 4.69) is 0 Å². The van der Waals surface area contributed by atoms with Crippen LogP contribution in [0.3, 0.4) is 0 Å². The van der Waals surface area contributed by atoms with Crippen LogP contribution in [-0.2, 0) is 9.59 Å². The first kappa shape index (κ1) is 12.6. The Morgan fingerprint density at radius 3 is 2.72 bits per heavy atom. The summed E-state index contributed by atoms with van der Waals surface area (Å²) < 4.78 is 5.41. The zero-order valence-corrected chi connectivity index (χ0v) is 10.0. The third kappa shape index (κ3) is 3.07. The van der Waals surface area contributed by atoms with E-state index in [9.17, 15) is 9.59 Å². The number of carbonyl (C=O) groups is 2. The predicted octanol–water partition coefficient (Wildman–Crippen LogP) is 0.542. The van der Waals surface area contributed by atoms with Crippen molar-refractivity contribution in [1.82, 2.24) is 4.90 Å². The highest BCUT2D eigenvalue weighted by atomic mass is 16.5. The van der Waals surface area contributed by atoms with Crippen LogP contribution < -0.4 is 10.5 Å². The number of benzene rings is 1. The van der Waals surface area contributed by atoms with Gasteiger partial charge in [-0.1, -0.05) is 18.2 Å². The zero-order chi connectivity index (χ0) is 13.0. The molecule has 1 aliphatic rings. The van der Waals surface area contributed by atoms with Crippen LogP contribution in [0.25, 0.3) is 0 Å². The molecule has 0 bridgehead atoms. The number of nitrogens with two attached hydrogens (primary N) is 1. The van der Waals surface area contributed by atoms with Gasteiger partial charge in [0.2, 0.25) is 11.8 Å². The van der Waals surface area contributed by atoms with Gasteiger partial charge in [0.25, 0.3) is 0 Å². The first-order valence-corrected chi connectivity index (χ1v) is 5.93. The Kier molecular flexibility index (Phi) is 3.94. The number of hydrogen-bond acceptors (Lipinski definition) is 4. The maximum atomic E-state index is 11.8.